The molecule has 1 fully saturated rings. The fourth-order valence-corrected chi connectivity index (χ4v) is 2.72. The minimum atomic E-state index is 0.569. The second-order valence-electron chi connectivity index (χ2n) is 5.78. The van der Waals surface area contributed by atoms with Gasteiger partial charge in [0.15, 0.2) is 11.5 Å². The molecule has 0 saturated carbocycles. The number of anilines is 2. The van der Waals surface area contributed by atoms with Crippen molar-refractivity contribution in [1.29, 1.82) is 0 Å². The summed E-state index contributed by atoms with van der Waals surface area (Å²) in [6.45, 7) is 4.77. The Hall–Kier alpha value is -2.83. The zero-order chi connectivity index (χ0) is 15.6. The van der Waals surface area contributed by atoms with Crippen LogP contribution in [0.5, 0.6) is 0 Å². The Balaban J connectivity index is 1.37. The molecule has 0 aliphatic carbocycles. The summed E-state index contributed by atoms with van der Waals surface area (Å²) in [5.74, 6) is 2.36. The predicted octanol–water partition coefficient (Wildman–Crippen LogP) is 1.67. The van der Waals surface area contributed by atoms with Crippen LogP contribution in [0.3, 0.4) is 0 Å². The Bertz CT molecular complexity index is 807. The lowest BCUT2D eigenvalue weighted by Gasteiger charge is -2.40. The molecule has 0 atom stereocenters. The first-order valence-corrected chi connectivity index (χ1v) is 7.64. The minimum absolute atomic E-state index is 0.569. The van der Waals surface area contributed by atoms with Gasteiger partial charge in [-0.05, 0) is 31.2 Å². The number of nitrogens with one attached hydrogen (secondary N) is 1. The molecule has 0 radical (unpaired) electrons. The van der Waals surface area contributed by atoms with Gasteiger partial charge in [-0.2, -0.15) is 5.10 Å². The van der Waals surface area contributed by atoms with Crippen molar-refractivity contribution in [3.05, 3.63) is 42.5 Å². The number of aryl methyl sites for hydroxylation is 1. The highest BCUT2D eigenvalue weighted by Gasteiger charge is 2.27. The van der Waals surface area contributed by atoms with Gasteiger partial charge in [-0.3, -0.25) is 0 Å². The SMILES string of the molecule is Cc1ccc(N2CC(CNc3ncnc4ncccc34)C2)nn1. The lowest BCUT2D eigenvalue weighted by atomic mass is 10.0. The molecule has 7 heteroatoms. The highest BCUT2D eigenvalue weighted by Crippen LogP contribution is 2.23. The van der Waals surface area contributed by atoms with Crippen molar-refractivity contribution in [3.63, 3.8) is 0 Å². The monoisotopic (exact) mass is 307 g/mol. The van der Waals surface area contributed by atoms with Crippen molar-refractivity contribution < 1.29 is 0 Å². The van der Waals surface area contributed by atoms with Gasteiger partial charge in [0, 0.05) is 31.7 Å². The normalized spacial score (nSPS) is 14.7. The zero-order valence-electron chi connectivity index (χ0n) is 12.8. The molecule has 3 aromatic rings. The molecule has 0 amide bonds. The van der Waals surface area contributed by atoms with Gasteiger partial charge < -0.3 is 10.2 Å². The van der Waals surface area contributed by atoms with Crippen molar-refractivity contribution >= 4 is 22.7 Å². The van der Waals surface area contributed by atoms with Crippen molar-refractivity contribution in [3.8, 4) is 0 Å². The van der Waals surface area contributed by atoms with Crippen LogP contribution in [-0.2, 0) is 0 Å². The topological polar surface area (TPSA) is 79.7 Å². The molecule has 3 aromatic heterocycles. The predicted molar refractivity (Wildman–Crippen MR) is 88.3 cm³/mol. The molecule has 1 saturated heterocycles. The first-order valence-electron chi connectivity index (χ1n) is 7.64. The van der Waals surface area contributed by atoms with Crippen LogP contribution >= 0.6 is 0 Å². The largest absolute Gasteiger partial charge is 0.369 e. The Morgan fingerprint density at radius 1 is 1.13 bits per heavy atom. The summed E-state index contributed by atoms with van der Waals surface area (Å²) in [5.41, 5.74) is 1.66. The van der Waals surface area contributed by atoms with Gasteiger partial charge in [-0.15, -0.1) is 5.10 Å². The summed E-state index contributed by atoms with van der Waals surface area (Å²) < 4.78 is 0. The third-order valence-corrected chi connectivity index (χ3v) is 4.03. The summed E-state index contributed by atoms with van der Waals surface area (Å²) in [6, 6.07) is 7.90. The highest BCUT2D eigenvalue weighted by atomic mass is 15.3. The molecule has 1 aliphatic rings. The molecular formula is C16H17N7. The molecule has 23 heavy (non-hydrogen) atoms. The Morgan fingerprint density at radius 2 is 2.04 bits per heavy atom. The van der Waals surface area contributed by atoms with Crippen LogP contribution in [0.4, 0.5) is 11.6 Å². The van der Waals surface area contributed by atoms with E-state index in [1.807, 2.05) is 31.2 Å². The number of aromatic nitrogens is 5. The third kappa shape index (κ3) is 2.77. The summed E-state index contributed by atoms with van der Waals surface area (Å²) >= 11 is 0. The van der Waals surface area contributed by atoms with Crippen molar-refractivity contribution in [1.82, 2.24) is 25.1 Å². The fraction of sp³-hybridized carbons (Fsp3) is 0.312. The number of hydrogen-bond acceptors (Lipinski definition) is 7. The van der Waals surface area contributed by atoms with E-state index in [0.717, 1.165) is 48.0 Å². The molecule has 116 valence electrons. The number of pyridine rings is 1. The van der Waals surface area contributed by atoms with Crippen LogP contribution < -0.4 is 10.2 Å². The van der Waals surface area contributed by atoms with E-state index >= 15 is 0 Å². The summed E-state index contributed by atoms with van der Waals surface area (Å²) in [4.78, 5) is 15.0. The van der Waals surface area contributed by atoms with Crippen LogP contribution in [0.25, 0.3) is 11.0 Å². The Kier molecular flexibility index (Phi) is 3.45. The quantitative estimate of drug-likeness (QED) is 0.785. The average Bonchev–Trinajstić information content (AvgIpc) is 2.55. The molecule has 7 nitrogen and oxygen atoms in total. The van der Waals surface area contributed by atoms with Crippen LogP contribution in [0.15, 0.2) is 36.8 Å². The van der Waals surface area contributed by atoms with Crippen LogP contribution in [-0.4, -0.2) is 44.8 Å². The van der Waals surface area contributed by atoms with E-state index in [-0.39, 0.29) is 0 Å². The van der Waals surface area contributed by atoms with E-state index in [9.17, 15) is 0 Å². The third-order valence-electron chi connectivity index (χ3n) is 4.03. The van der Waals surface area contributed by atoms with E-state index in [2.05, 4.69) is 35.4 Å². The lowest BCUT2D eigenvalue weighted by molar-refractivity contribution is 0.425. The lowest BCUT2D eigenvalue weighted by Crippen LogP contribution is -2.50. The molecule has 0 unspecified atom stereocenters. The van der Waals surface area contributed by atoms with Crippen LogP contribution in [0, 0.1) is 12.8 Å². The fourth-order valence-electron chi connectivity index (χ4n) is 2.72. The van der Waals surface area contributed by atoms with E-state index in [1.54, 1.807) is 12.5 Å². The van der Waals surface area contributed by atoms with E-state index in [4.69, 9.17) is 0 Å². The average molecular weight is 307 g/mol. The van der Waals surface area contributed by atoms with Gasteiger partial charge in [-0.1, -0.05) is 0 Å². The van der Waals surface area contributed by atoms with Crippen molar-refractivity contribution in [2.45, 2.75) is 6.92 Å². The molecule has 0 bridgehead atoms. The van der Waals surface area contributed by atoms with Crippen molar-refractivity contribution in [2.75, 3.05) is 29.9 Å². The maximum Gasteiger partial charge on any atom is 0.164 e. The van der Waals surface area contributed by atoms with Crippen molar-refractivity contribution in [2.24, 2.45) is 5.92 Å². The second-order valence-corrected chi connectivity index (χ2v) is 5.78. The molecule has 1 N–H and O–H groups in total. The first-order chi connectivity index (χ1) is 11.3. The number of fused-ring (bicyclic) bond motifs is 1. The maximum absolute atomic E-state index is 4.33. The van der Waals surface area contributed by atoms with Gasteiger partial charge in [0.25, 0.3) is 0 Å². The number of hydrogen-bond donors (Lipinski definition) is 1. The summed E-state index contributed by atoms with van der Waals surface area (Å²) in [6.07, 6.45) is 3.29. The Labute approximate surface area is 133 Å². The molecule has 0 aromatic carbocycles. The summed E-state index contributed by atoms with van der Waals surface area (Å²) in [7, 11) is 0. The molecule has 4 heterocycles. The van der Waals surface area contributed by atoms with Gasteiger partial charge in [-0.25, -0.2) is 15.0 Å². The number of rotatable bonds is 4. The van der Waals surface area contributed by atoms with E-state index in [1.165, 1.54) is 0 Å². The molecule has 1 aliphatic heterocycles. The van der Waals surface area contributed by atoms with E-state index in [0.29, 0.717) is 5.92 Å². The zero-order valence-corrected chi connectivity index (χ0v) is 12.8. The van der Waals surface area contributed by atoms with Crippen LogP contribution in [0.1, 0.15) is 5.69 Å². The van der Waals surface area contributed by atoms with Gasteiger partial charge in [0.2, 0.25) is 0 Å². The smallest absolute Gasteiger partial charge is 0.164 e. The summed E-state index contributed by atoms with van der Waals surface area (Å²) in [5, 5.41) is 12.7. The number of nitrogens with zero attached hydrogens (tertiary/aromatic N) is 6. The van der Waals surface area contributed by atoms with Gasteiger partial charge in [0.1, 0.15) is 12.1 Å². The minimum Gasteiger partial charge on any atom is -0.369 e. The van der Waals surface area contributed by atoms with Crippen LogP contribution in [0.2, 0.25) is 0 Å². The van der Waals surface area contributed by atoms with Gasteiger partial charge >= 0.3 is 0 Å². The second kappa shape index (κ2) is 5.75. The maximum atomic E-state index is 4.33. The molecule has 4 rings (SSSR count). The first kappa shape index (κ1) is 13.8. The van der Waals surface area contributed by atoms with E-state index < -0.39 is 0 Å². The Morgan fingerprint density at radius 3 is 2.87 bits per heavy atom. The molecular weight excluding hydrogens is 290 g/mol. The highest BCUT2D eigenvalue weighted by molar-refractivity contribution is 5.85. The van der Waals surface area contributed by atoms with Gasteiger partial charge in [0.05, 0.1) is 11.1 Å². The molecule has 0 spiro atoms. The standard InChI is InChI=1S/C16H17N7/c1-11-4-5-14(22-21-11)23-8-12(9-23)7-18-16-13-3-2-6-17-15(13)19-10-20-16/h2-6,10,12H,7-9H2,1H3,(H,17,18,19,20).